The highest BCUT2D eigenvalue weighted by atomic mass is 32.2. The summed E-state index contributed by atoms with van der Waals surface area (Å²) in [6.45, 7) is 0.458. The Bertz CT molecular complexity index is 1190. The third-order valence-corrected chi connectivity index (χ3v) is 6.01. The molecule has 0 radical (unpaired) electrons. The minimum absolute atomic E-state index is 0.202. The normalized spacial score (nSPS) is 14.4. The van der Waals surface area contributed by atoms with Gasteiger partial charge in [0.15, 0.2) is 5.84 Å². The summed E-state index contributed by atoms with van der Waals surface area (Å²) in [5, 5.41) is 6.20. The van der Waals surface area contributed by atoms with E-state index in [1.165, 1.54) is 0 Å². The highest BCUT2D eigenvalue weighted by molar-refractivity contribution is 7.90. The zero-order valence-electron chi connectivity index (χ0n) is 16.3. The first kappa shape index (κ1) is 19.8. The topological polar surface area (TPSA) is 84.2 Å². The van der Waals surface area contributed by atoms with Gasteiger partial charge in [0.1, 0.15) is 10.6 Å². The van der Waals surface area contributed by atoms with Crippen LogP contribution in [0.1, 0.15) is 16.7 Å². The number of hydrogen-bond acceptors (Lipinski definition) is 6. The van der Waals surface area contributed by atoms with Gasteiger partial charge >= 0.3 is 0 Å². The lowest BCUT2D eigenvalue weighted by molar-refractivity contribution is 0.415. The molecule has 0 aliphatic carbocycles. The van der Waals surface area contributed by atoms with Gasteiger partial charge < -0.3 is 4.74 Å². The Morgan fingerprint density at radius 2 is 1.77 bits per heavy atom. The molecule has 7 nitrogen and oxygen atoms in total. The molecule has 0 saturated carbocycles. The van der Waals surface area contributed by atoms with Gasteiger partial charge in [0.2, 0.25) is 0 Å². The average Bonchev–Trinajstić information content (AvgIpc) is 3.06. The van der Waals surface area contributed by atoms with Crippen LogP contribution in [0.5, 0.6) is 5.75 Å². The van der Waals surface area contributed by atoms with Crippen molar-refractivity contribution in [2.24, 2.45) is 9.50 Å². The van der Waals surface area contributed by atoms with Crippen molar-refractivity contribution >= 4 is 22.1 Å². The number of pyridine rings is 1. The summed E-state index contributed by atoms with van der Waals surface area (Å²) in [4.78, 5) is 4.23. The first-order chi connectivity index (χ1) is 14.6. The van der Waals surface area contributed by atoms with Gasteiger partial charge in [-0.25, -0.2) is 5.01 Å². The van der Waals surface area contributed by atoms with Crippen molar-refractivity contribution in [3.8, 4) is 5.75 Å². The largest absolute Gasteiger partial charge is 0.497 e. The molecule has 2 heterocycles. The quantitative estimate of drug-likeness (QED) is 0.452. The molecule has 152 valence electrons. The molecule has 1 aliphatic heterocycles. The molecular weight excluding hydrogens is 400 g/mol. The van der Waals surface area contributed by atoms with E-state index in [1.54, 1.807) is 55.0 Å². The third-order valence-electron chi connectivity index (χ3n) is 4.68. The van der Waals surface area contributed by atoms with Crippen LogP contribution in [0, 0.1) is 0 Å². The highest BCUT2D eigenvalue weighted by Gasteiger charge is 2.31. The van der Waals surface area contributed by atoms with Gasteiger partial charge in [0.05, 0.1) is 13.3 Å². The molecule has 0 fully saturated rings. The lowest BCUT2D eigenvalue weighted by atomic mass is 10.1. The van der Waals surface area contributed by atoms with E-state index in [4.69, 9.17) is 4.74 Å². The van der Waals surface area contributed by atoms with Crippen LogP contribution < -0.4 is 4.74 Å². The lowest BCUT2D eigenvalue weighted by Gasteiger charge is -2.19. The first-order valence-corrected chi connectivity index (χ1v) is 10.8. The minimum Gasteiger partial charge on any atom is -0.497 e. The standard InChI is InChI=1S/C22H20N4O3S/c1-29-19-8-6-18(7-9-19)16-24-26(15-12-17-10-13-23-14-11-17)22-20-4-2-3-5-21(20)30(27,28)25-22/h2-11,13-14,16H,12,15H2,1H3/b24-16-. The van der Waals surface area contributed by atoms with Crippen molar-refractivity contribution < 1.29 is 13.2 Å². The van der Waals surface area contributed by atoms with Crippen molar-refractivity contribution in [3.63, 3.8) is 0 Å². The minimum atomic E-state index is -3.73. The molecule has 0 unspecified atom stereocenters. The fraction of sp³-hybridized carbons (Fsp3) is 0.136. The van der Waals surface area contributed by atoms with E-state index in [0.717, 1.165) is 16.9 Å². The molecule has 0 N–H and O–H groups in total. The van der Waals surface area contributed by atoms with Crippen LogP contribution in [0.3, 0.4) is 0 Å². The van der Waals surface area contributed by atoms with E-state index < -0.39 is 10.0 Å². The van der Waals surface area contributed by atoms with E-state index in [0.29, 0.717) is 24.4 Å². The Morgan fingerprint density at radius 3 is 2.50 bits per heavy atom. The molecule has 30 heavy (non-hydrogen) atoms. The Morgan fingerprint density at radius 1 is 1.03 bits per heavy atom. The van der Waals surface area contributed by atoms with Crippen LogP contribution in [-0.4, -0.2) is 44.1 Å². The van der Waals surface area contributed by atoms with Gasteiger partial charge in [-0.05, 0) is 66.1 Å². The first-order valence-electron chi connectivity index (χ1n) is 9.36. The summed E-state index contributed by atoms with van der Waals surface area (Å²) in [7, 11) is -2.12. The number of fused-ring (bicyclic) bond motifs is 1. The van der Waals surface area contributed by atoms with Gasteiger partial charge in [-0.3, -0.25) is 4.98 Å². The van der Waals surface area contributed by atoms with E-state index in [2.05, 4.69) is 14.5 Å². The van der Waals surface area contributed by atoms with Crippen LogP contribution in [0.15, 0.2) is 87.5 Å². The molecule has 3 aromatic rings. The van der Waals surface area contributed by atoms with Gasteiger partial charge in [-0.1, -0.05) is 12.1 Å². The molecule has 0 amide bonds. The number of sulfonamides is 1. The van der Waals surface area contributed by atoms with Gasteiger partial charge in [-0.15, -0.1) is 4.40 Å². The number of ether oxygens (including phenoxy) is 1. The molecule has 0 spiro atoms. The average molecular weight is 420 g/mol. The number of nitrogens with zero attached hydrogens (tertiary/aromatic N) is 4. The van der Waals surface area contributed by atoms with Crippen LogP contribution >= 0.6 is 0 Å². The Hall–Kier alpha value is -3.52. The number of hydrogen-bond donors (Lipinski definition) is 0. The van der Waals surface area contributed by atoms with Gasteiger partial charge in [0.25, 0.3) is 10.0 Å². The van der Waals surface area contributed by atoms with Crippen molar-refractivity contribution in [2.75, 3.05) is 13.7 Å². The molecule has 4 rings (SSSR count). The van der Waals surface area contributed by atoms with Gasteiger partial charge in [0, 0.05) is 24.5 Å². The number of amidine groups is 1. The van der Waals surface area contributed by atoms with Gasteiger partial charge in [-0.2, -0.15) is 13.5 Å². The fourth-order valence-electron chi connectivity index (χ4n) is 3.10. The highest BCUT2D eigenvalue weighted by Crippen LogP contribution is 2.27. The van der Waals surface area contributed by atoms with Crippen molar-refractivity contribution in [3.05, 3.63) is 89.7 Å². The molecule has 1 aromatic heterocycles. The smallest absolute Gasteiger partial charge is 0.285 e. The summed E-state index contributed by atoms with van der Waals surface area (Å²) in [6.07, 6.45) is 5.80. The van der Waals surface area contributed by atoms with E-state index >= 15 is 0 Å². The van der Waals surface area contributed by atoms with Crippen LogP contribution in [0.4, 0.5) is 0 Å². The molecule has 8 heteroatoms. The predicted molar refractivity (Wildman–Crippen MR) is 115 cm³/mol. The Labute approximate surface area is 175 Å². The van der Waals surface area contributed by atoms with Crippen molar-refractivity contribution in [1.82, 2.24) is 9.99 Å². The second kappa shape index (κ2) is 8.46. The Kier molecular flexibility index (Phi) is 5.58. The number of hydrazone groups is 1. The molecule has 0 saturated heterocycles. The number of benzene rings is 2. The summed E-state index contributed by atoms with van der Waals surface area (Å²) < 4.78 is 34.2. The molecule has 0 bridgehead atoms. The van der Waals surface area contributed by atoms with E-state index in [1.807, 2.05) is 36.4 Å². The monoisotopic (exact) mass is 420 g/mol. The van der Waals surface area contributed by atoms with Crippen LogP contribution in [-0.2, 0) is 16.4 Å². The van der Waals surface area contributed by atoms with Crippen LogP contribution in [0.25, 0.3) is 0 Å². The summed E-state index contributed by atoms with van der Waals surface area (Å²) in [6, 6.07) is 18.1. The van der Waals surface area contributed by atoms with Crippen molar-refractivity contribution in [2.45, 2.75) is 11.3 Å². The maximum absolute atomic E-state index is 12.5. The summed E-state index contributed by atoms with van der Waals surface area (Å²) in [5.41, 5.74) is 2.49. The van der Waals surface area contributed by atoms with E-state index in [-0.39, 0.29) is 4.90 Å². The maximum Gasteiger partial charge on any atom is 0.285 e. The summed E-state index contributed by atoms with van der Waals surface area (Å²) >= 11 is 0. The number of methoxy groups -OCH3 is 1. The second-order valence-corrected chi connectivity index (χ2v) is 8.20. The zero-order chi connectivity index (χ0) is 21.0. The third kappa shape index (κ3) is 4.23. The van der Waals surface area contributed by atoms with Crippen molar-refractivity contribution in [1.29, 1.82) is 0 Å². The number of rotatable bonds is 6. The molecule has 0 atom stereocenters. The fourth-order valence-corrected chi connectivity index (χ4v) is 4.31. The maximum atomic E-state index is 12.5. The number of aromatic nitrogens is 1. The second-order valence-electron chi connectivity index (χ2n) is 6.63. The molecule has 2 aromatic carbocycles. The zero-order valence-corrected chi connectivity index (χ0v) is 17.2. The molecule has 1 aliphatic rings. The SMILES string of the molecule is COc1ccc(/C=N\N(CCc2ccncc2)C2=NS(=O)(=O)c3ccccc32)cc1. The predicted octanol–water partition coefficient (Wildman–Crippen LogP) is 3.12. The summed E-state index contributed by atoms with van der Waals surface area (Å²) in [5.74, 6) is 1.08. The van der Waals surface area contributed by atoms with Crippen LogP contribution in [0.2, 0.25) is 0 Å². The lowest BCUT2D eigenvalue weighted by Crippen LogP contribution is -2.28. The Balaban J connectivity index is 1.66. The molecular formula is C22H20N4O3S. The van der Waals surface area contributed by atoms with E-state index in [9.17, 15) is 8.42 Å².